The summed E-state index contributed by atoms with van der Waals surface area (Å²) >= 11 is 6.01. The van der Waals surface area contributed by atoms with Gasteiger partial charge in [-0.3, -0.25) is 4.79 Å². The molecule has 7 heteroatoms. The van der Waals surface area contributed by atoms with Gasteiger partial charge in [0.05, 0.1) is 10.7 Å². The Hall–Kier alpha value is -2.31. The maximum absolute atomic E-state index is 10.9. The number of pyridine rings is 1. The third-order valence-corrected chi connectivity index (χ3v) is 2.93. The van der Waals surface area contributed by atoms with Gasteiger partial charge in [-0.05, 0) is 36.4 Å². The van der Waals surface area contributed by atoms with Crippen LogP contribution in [0.1, 0.15) is 16.1 Å². The van der Waals surface area contributed by atoms with Crippen molar-refractivity contribution in [1.82, 2.24) is 4.98 Å². The van der Waals surface area contributed by atoms with E-state index in [0.29, 0.717) is 27.8 Å². The summed E-state index contributed by atoms with van der Waals surface area (Å²) in [5.41, 5.74) is 8.57. The Morgan fingerprint density at radius 1 is 1.25 bits per heavy atom. The minimum Gasteiger partial charge on any atom is -0.487 e. The number of rotatable bonds is 5. The molecule has 0 unspecified atom stereocenters. The van der Waals surface area contributed by atoms with Gasteiger partial charge in [-0.25, -0.2) is 10.8 Å². The number of carbonyl (C=O) groups excluding carboxylic acids is 1. The lowest BCUT2D eigenvalue weighted by Gasteiger charge is -2.09. The van der Waals surface area contributed by atoms with Gasteiger partial charge in [-0.1, -0.05) is 11.6 Å². The quantitative estimate of drug-likeness (QED) is 0.575. The number of hydrazine groups is 1. The number of nitrogen functional groups attached to an aromatic ring is 1. The summed E-state index contributed by atoms with van der Waals surface area (Å²) in [5, 5.41) is 0.484. The van der Waals surface area contributed by atoms with Crippen molar-refractivity contribution >= 4 is 23.3 Å². The molecule has 2 rings (SSSR count). The number of anilines is 1. The molecule has 0 bridgehead atoms. The second-order valence-electron chi connectivity index (χ2n) is 3.95. The van der Waals surface area contributed by atoms with Gasteiger partial charge in [0.1, 0.15) is 18.2 Å². The van der Waals surface area contributed by atoms with E-state index in [0.717, 1.165) is 0 Å². The van der Waals surface area contributed by atoms with E-state index in [9.17, 15) is 4.79 Å². The number of nitrogens with one attached hydrogen (secondary N) is 1. The van der Waals surface area contributed by atoms with Gasteiger partial charge in [0.2, 0.25) is 5.91 Å². The largest absolute Gasteiger partial charge is 0.487 e. The molecule has 0 aliphatic carbocycles. The SMILES string of the molecule is NNc1ccc(Cl)c(COc2ccc(C(N)=O)cc2)n1. The average molecular weight is 293 g/mol. The maximum atomic E-state index is 10.9. The summed E-state index contributed by atoms with van der Waals surface area (Å²) in [6.07, 6.45) is 0. The highest BCUT2D eigenvalue weighted by molar-refractivity contribution is 6.31. The number of aromatic nitrogens is 1. The van der Waals surface area contributed by atoms with Crippen LogP contribution in [0.3, 0.4) is 0 Å². The van der Waals surface area contributed by atoms with Crippen molar-refractivity contribution in [3.8, 4) is 5.75 Å². The Balaban J connectivity index is 2.06. The third kappa shape index (κ3) is 3.37. The van der Waals surface area contributed by atoms with Crippen LogP contribution >= 0.6 is 11.6 Å². The minimum absolute atomic E-state index is 0.185. The summed E-state index contributed by atoms with van der Waals surface area (Å²) in [7, 11) is 0. The Kier molecular flexibility index (Phi) is 4.39. The van der Waals surface area contributed by atoms with Crippen LogP contribution in [0.15, 0.2) is 36.4 Å². The van der Waals surface area contributed by atoms with Gasteiger partial charge in [-0.2, -0.15) is 0 Å². The van der Waals surface area contributed by atoms with Gasteiger partial charge >= 0.3 is 0 Å². The summed E-state index contributed by atoms with van der Waals surface area (Å²) in [6.45, 7) is 0.185. The molecule has 0 atom stereocenters. The van der Waals surface area contributed by atoms with E-state index in [1.165, 1.54) is 0 Å². The lowest BCUT2D eigenvalue weighted by atomic mass is 10.2. The van der Waals surface area contributed by atoms with E-state index in [1.54, 1.807) is 36.4 Å². The van der Waals surface area contributed by atoms with Crippen molar-refractivity contribution in [3.63, 3.8) is 0 Å². The number of nitrogens with two attached hydrogens (primary N) is 2. The molecule has 20 heavy (non-hydrogen) atoms. The first-order valence-corrected chi connectivity index (χ1v) is 6.12. The molecule has 6 nitrogen and oxygen atoms in total. The number of nitrogens with zero attached hydrogens (tertiary/aromatic N) is 1. The molecule has 5 N–H and O–H groups in total. The maximum Gasteiger partial charge on any atom is 0.248 e. The van der Waals surface area contributed by atoms with Crippen molar-refractivity contribution in [2.24, 2.45) is 11.6 Å². The Morgan fingerprint density at radius 2 is 1.95 bits per heavy atom. The molecule has 0 fully saturated rings. The van der Waals surface area contributed by atoms with E-state index in [4.69, 9.17) is 27.9 Å². The fourth-order valence-corrected chi connectivity index (χ4v) is 1.69. The molecule has 0 aliphatic heterocycles. The molecule has 0 saturated heterocycles. The molecule has 0 saturated carbocycles. The van der Waals surface area contributed by atoms with Crippen LogP contribution in [0.25, 0.3) is 0 Å². The van der Waals surface area contributed by atoms with Crippen LogP contribution in [-0.2, 0) is 6.61 Å². The molecule has 1 amide bonds. The number of primary amides is 1. The standard InChI is InChI=1S/C13H13ClN4O2/c14-10-5-6-12(18-16)17-11(10)7-20-9-3-1-8(2-4-9)13(15)19/h1-6H,7,16H2,(H2,15,19)(H,17,18). The predicted molar refractivity (Wildman–Crippen MR) is 76.3 cm³/mol. The molecular formula is C13H13ClN4O2. The van der Waals surface area contributed by atoms with Crippen molar-refractivity contribution in [2.45, 2.75) is 6.61 Å². The van der Waals surface area contributed by atoms with Crippen LogP contribution in [0.5, 0.6) is 5.75 Å². The first-order chi connectivity index (χ1) is 9.60. The van der Waals surface area contributed by atoms with Crippen molar-refractivity contribution in [3.05, 3.63) is 52.7 Å². The van der Waals surface area contributed by atoms with E-state index in [1.807, 2.05) is 0 Å². The van der Waals surface area contributed by atoms with Gasteiger partial charge in [0.25, 0.3) is 0 Å². The van der Waals surface area contributed by atoms with Crippen LogP contribution in [0.2, 0.25) is 5.02 Å². The second kappa shape index (κ2) is 6.23. The highest BCUT2D eigenvalue weighted by Crippen LogP contribution is 2.19. The third-order valence-electron chi connectivity index (χ3n) is 2.58. The Labute approximate surface area is 120 Å². The van der Waals surface area contributed by atoms with E-state index >= 15 is 0 Å². The summed E-state index contributed by atoms with van der Waals surface area (Å²) in [6, 6.07) is 9.82. The Morgan fingerprint density at radius 3 is 2.55 bits per heavy atom. The summed E-state index contributed by atoms with van der Waals surface area (Å²) in [5.74, 6) is 5.88. The molecule has 1 aromatic carbocycles. The normalized spacial score (nSPS) is 10.1. The van der Waals surface area contributed by atoms with E-state index in [2.05, 4.69) is 10.4 Å². The van der Waals surface area contributed by atoms with Crippen LogP contribution in [0, 0.1) is 0 Å². The predicted octanol–water partition coefficient (Wildman–Crippen LogP) is 1.70. The zero-order chi connectivity index (χ0) is 14.5. The molecule has 1 heterocycles. The highest BCUT2D eigenvalue weighted by atomic mass is 35.5. The zero-order valence-corrected chi connectivity index (χ0v) is 11.2. The van der Waals surface area contributed by atoms with Gasteiger partial charge in [-0.15, -0.1) is 0 Å². The van der Waals surface area contributed by atoms with Crippen molar-refractivity contribution in [2.75, 3.05) is 5.43 Å². The second-order valence-corrected chi connectivity index (χ2v) is 4.35. The monoisotopic (exact) mass is 292 g/mol. The average Bonchev–Trinajstić information content (AvgIpc) is 2.47. The minimum atomic E-state index is -0.483. The van der Waals surface area contributed by atoms with Gasteiger partial charge < -0.3 is 15.9 Å². The number of benzene rings is 1. The van der Waals surface area contributed by atoms with Crippen LogP contribution < -0.4 is 21.7 Å². The molecule has 0 aliphatic rings. The van der Waals surface area contributed by atoms with E-state index < -0.39 is 5.91 Å². The number of carbonyl (C=O) groups is 1. The molecule has 104 valence electrons. The number of ether oxygens (including phenoxy) is 1. The smallest absolute Gasteiger partial charge is 0.248 e. The molecule has 2 aromatic rings. The Bertz CT molecular complexity index is 616. The molecule has 1 aromatic heterocycles. The first kappa shape index (κ1) is 14.1. The fourth-order valence-electron chi connectivity index (χ4n) is 1.53. The van der Waals surface area contributed by atoms with Crippen LogP contribution in [-0.4, -0.2) is 10.9 Å². The van der Waals surface area contributed by atoms with Crippen molar-refractivity contribution < 1.29 is 9.53 Å². The van der Waals surface area contributed by atoms with Gasteiger partial charge in [0.15, 0.2) is 0 Å². The van der Waals surface area contributed by atoms with Crippen LogP contribution in [0.4, 0.5) is 5.82 Å². The number of hydrogen-bond donors (Lipinski definition) is 3. The number of amides is 1. The topological polar surface area (TPSA) is 103 Å². The summed E-state index contributed by atoms with van der Waals surface area (Å²) in [4.78, 5) is 15.1. The molecule has 0 spiro atoms. The molecule has 0 radical (unpaired) electrons. The fraction of sp³-hybridized carbons (Fsp3) is 0.0769. The van der Waals surface area contributed by atoms with E-state index in [-0.39, 0.29) is 6.61 Å². The summed E-state index contributed by atoms with van der Waals surface area (Å²) < 4.78 is 5.54. The zero-order valence-electron chi connectivity index (χ0n) is 10.5. The first-order valence-electron chi connectivity index (χ1n) is 5.75. The van der Waals surface area contributed by atoms with Gasteiger partial charge in [0, 0.05) is 5.56 Å². The van der Waals surface area contributed by atoms with Crippen molar-refractivity contribution in [1.29, 1.82) is 0 Å². The highest BCUT2D eigenvalue weighted by Gasteiger charge is 2.06. The molecular weight excluding hydrogens is 280 g/mol. The lowest BCUT2D eigenvalue weighted by molar-refractivity contribution is 0.100. The number of halogens is 1. The lowest BCUT2D eigenvalue weighted by Crippen LogP contribution is -2.11. The number of hydrogen-bond acceptors (Lipinski definition) is 5.